The van der Waals surface area contributed by atoms with E-state index >= 15 is 0 Å². The van der Waals surface area contributed by atoms with Crippen LogP contribution >= 0.6 is 0 Å². The van der Waals surface area contributed by atoms with E-state index in [1.54, 1.807) is 0 Å². The molecule has 0 amide bonds. The minimum atomic E-state index is -1.22. The van der Waals surface area contributed by atoms with Crippen molar-refractivity contribution in [2.75, 3.05) is 0 Å². The van der Waals surface area contributed by atoms with Crippen LogP contribution in [0.25, 0.3) is 11.1 Å². The van der Waals surface area contributed by atoms with Crippen LogP contribution < -0.4 is 0 Å². The van der Waals surface area contributed by atoms with Crippen molar-refractivity contribution in [3.8, 4) is 11.1 Å². The molecule has 0 saturated heterocycles. The Labute approximate surface area is 108 Å². The van der Waals surface area contributed by atoms with Gasteiger partial charge in [-0.3, -0.25) is 0 Å². The third-order valence-electron chi connectivity index (χ3n) is 3.39. The van der Waals surface area contributed by atoms with Crippen LogP contribution in [-0.4, -0.2) is 22.2 Å². The zero-order chi connectivity index (χ0) is 13.6. The highest BCUT2D eigenvalue weighted by atomic mass is 16.4. The van der Waals surface area contributed by atoms with Crippen LogP contribution in [0.1, 0.15) is 31.8 Å². The Hall–Kier alpha value is -2.62. The predicted octanol–water partition coefficient (Wildman–Crippen LogP) is 2.65. The summed E-state index contributed by atoms with van der Waals surface area (Å²) in [5.41, 5.74) is 3.44. The lowest BCUT2D eigenvalue weighted by atomic mass is 9.98. The zero-order valence-corrected chi connectivity index (χ0v) is 9.88. The molecule has 0 spiro atoms. The number of rotatable bonds is 2. The molecule has 0 atom stereocenters. The van der Waals surface area contributed by atoms with Gasteiger partial charge in [0.05, 0.1) is 11.1 Å². The largest absolute Gasteiger partial charge is 0.478 e. The molecule has 0 unspecified atom stereocenters. The molecule has 0 heterocycles. The number of carboxylic acids is 2. The lowest BCUT2D eigenvalue weighted by Crippen LogP contribution is -2.08. The lowest BCUT2D eigenvalue weighted by Gasteiger charge is -2.06. The van der Waals surface area contributed by atoms with E-state index in [2.05, 4.69) is 0 Å². The maximum Gasteiger partial charge on any atom is 0.336 e. The summed E-state index contributed by atoms with van der Waals surface area (Å²) in [6.45, 7) is 0. The molecule has 4 heteroatoms. The van der Waals surface area contributed by atoms with Gasteiger partial charge in [0, 0.05) is 0 Å². The van der Waals surface area contributed by atoms with Crippen LogP contribution in [0.15, 0.2) is 36.4 Å². The van der Waals surface area contributed by atoms with Gasteiger partial charge >= 0.3 is 11.9 Å². The Balaban J connectivity index is 2.27. The Morgan fingerprint density at radius 3 is 2.16 bits per heavy atom. The molecule has 94 valence electrons. The fraction of sp³-hybridized carbons (Fsp3) is 0.0667. The van der Waals surface area contributed by atoms with E-state index < -0.39 is 11.9 Å². The van der Waals surface area contributed by atoms with Crippen molar-refractivity contribution in [2.24, 2.45) is 0 Å². The normalized spacial score (nSPS) is 11.8. The van der Waals surface area contributed by atoms with E-state index in [4.69, 9.17) is 10.2 Å². The number of aromatic carboxylic acids is 2. The molecule has 0 aliphatic heterocycles. The van der Waals surface area contributed by atoms with Gasteiger partial charge in [-0.05, 0) is 40.8 Å². The van der Waals surface area contributed by atoms with Crippen LogP contribution in [-0.2, 0) is 6.42 Å². The van der Waals surface area contributed by atoms with E-state index in [1.807, 2.05) is 24.3 Å². The standard InChI is InChI=1S/C15H10O4/c16-14(17)12-6-9-5-8-3-1-2-4-10(8)11(9)7-13(12)15(18)19/h1-4,6-7H,5H2,(H,16,17)(H,18,19). The van der Waals surface area contributed by atoms with Gasteiger partial charge in [0.15, 0.2) is 0 Å². The average Bonchev–Trinajstić information content (AvgIpc) is 2.74. The van der Waals surface area contributed by atoms with Gasteiger partial charge in [0.1, 0.15) is 0 Å². The van der Waals surface area contributed by atoms with Crippen molar-refractivity contribution in [3.63, 3.8) is 0 Å². The molecule has 4 nitrogen and oxygen atoms in total. The second kappa shape index (κ2) is 3.95. The van der Waals surface area contributed by atoms with Gasteiger partial charge in [-0.15, -0.1) is 0 Å². The quantitative estimate of drug-likeness (QED) is 0.737. The van der Waals surface area contributed by atoms with E-state index in [0.717, 1.165) is 22.3 Å². The fourth-order valence-corrected chi connectivity index (χ4v) is 2.54. The maximum atomic E-state index is 11.2. The molecule has 3 rings (SSSR count). The third kappa shape index (κ3) is 1.69. The molecular weight excluding hydrogens is 244 g/mol. The van der Waals surface area contributed by atoms with Gasteiger partial charge in [-0.1, -0.05) is 24.3 Å². The highest BCUT2D eigenvalue weighted by molar-refractivity contribution is 6.03. The molecule has 0 radical (unpaired) electrons. The first kappa shape index (κ1) is 11.5. The van der Waals surface area contributed by atoms with Crippen LogP contribution in [0, 0.1) is 0 Å². The topological polar surface area (TPSA) is 74.6 Å². The summed E-state index contributed by atoms with van der Waals surface area (Å²) in [7, 11) is 0. The van der Waals surface area contributed by atoms with Crippen molar-refractivity contribution in [1.82, 2.24) is 0 Å². The molecule has 1 aliphatic carbocycles. The predicted molar refractivity (Wildman–Crippen MR) is 68.6 cm³/mol. The van der Waals surface area contributed by atoms with E-state index in [1.165, 1.54) is 12.1 Å². The van der Waals surface area contributed by atoms with Crippen LogP contribution in [0.4, 0.5) is 0 Å². The summed E-state index contributed by atoms with van der Waals surface area (Å²) in [5.74, 6) is -2.43. The van der Waals surface area contributed by atoms with E-state index in [9.17, 15) is 9.59 Å². The Kier molecular flexibility index (Phi) is 2.38. The first-order valence-electron chi connectivity index (χ1n) is 5.79. The number of carboxylic acid groups (broad SMARTS) is 2. The van der Waals surface area contributed by atoms with Crippen LogP contribution in [0.5, 0.6) is 0 Å². The molecule has 0 saturated carbocycles. The van der Waals surface area contributed by atoms with Gasteiger partial charge in [0.2, 0.25) is 0 Å². The Bertz CT molecular complexity index is 716. The summed E-state index contributed by atoms with van der Waals surface area (Å²) in [6, 6.07) is 10.6. The summed E-state index contributed by atoms with van der Waals surface area (Å²) in [5, 5.41) is 18.2. The first-order chi connectivity index (χ1) is 9.08. The van der Waals surface area contributed by atoms with Crippen LogP contribution in [0.3, 0.4) is 0 Å². The molecular formula is C15H10O4. The average molecular weight is 254 g/mol. The smallest absolute Gasteiger partial charge is 0.336 e. The first-order valence-corrected chi connectivity index (χ1v) is 5.79. The SMILES string of the molecule is O=C(O)c1cc2c(cc1C(=O)O)-c1ccccc1C2. The van der Waals surface area contributed by atoms with Gasteiger partial charge in [0.25, 0.3) is 0 Å². The number of fused-ring (bicyclic) bond motifs is 3. The summed E-state index contributed by atoms with van der Waals surface area (Å²) in [6.07, 6.45) is 0.645. The number of hydrogen-bond donors (Lipinski definition) is 2. The minimum Gasteiger partial charge on any atom is -0.478 e. The molecule has 0 fully saturated rings. The van der Waals surface area contributed by atoms with Crippen molar-refractivity contribution in [3.05, 3.63) is 58.7 Å². The maximum absolute atomic E-state index is 11.2. The van der Waals surface area contributed by atoms with Crippen LogP contribution in [0.2, 0.25) is 0 Å². The lowest BCUT2D eigenvalue weighted by molar-refractivity contribution is 0.0651. The molecule has 0 bridgehead atoms. The second-order valence-corrected chi connectivity index (χ2v) is 4.50. The van der Waals surface area contributed by atoms with E-state index in [-0.39, 0.29) is 11.1 Å². The second-order valence-electron chi connectivity index (χ2n) is 4.50. The van der Waals surface area contributed by atoms with Crippen molar-refractivity contribution in [2.45, 2.75) is 6.42 Å². The number of hydrogen-bond acceptors (Lipinski definition) is 2. The number of benzene rings is 2. The molecule has 0 aromatic heterocycles. The molecule has 2 N–H and O–H groups in total. The summed E-state index contributed by atoms with van der Waals surface area (Å²) >= 11 is 0. The third-order valence-corrected chi connectivity index (χ3v) is 3.39. The van der Waals surface area contributed by atoms with Crippen molar-refractivity contribution >= 4 is 11.9 Å². The van der Waals surface area contributed by atoms with Crippen molar-refractivity contribution < 1.29 is 19.8 Å². The molecule has 1 aliphatic rings. The van der Waals surface area contributed by atoms with Crippen molar-refractivity contribution in [1.29, 1.82) is 0 Å². The zero-order valence-electron chi connectivity index (χ0n) is 9.88. The number of carbonyl (C=O) groups is 2. The Morgan fingerprint density at radius 2 is 1.47 bits per heavy atom. The highest BCUT2D eigenvalue weighted by Gasteiger charge is 2.24. The van der Waals surface area contributed by atoms with Gasteiger partial charge in [-0.2, -0.15) is 0 Å². The summed E-state index contributed by atoms with van der Waals surface area (Å²) < 4.78 is 0. The van der Waals surface area contributed by atoms with E-state index in [0.29, 0.717) is 6.42 Å². The highest BCUT2D eigenvalue weighted by Crippen LogP contribution is 2.38. The minimum absolute atomic E-state index is 0.154. The molecule has 2 aromatic rings. The van der Waals surface area contributed by atoms with Gasteiger partial charge in [-0.25, -0.2) is 9.59 Å². The monoisotopic (exact) mass is 254 g/mol. The summed E-state index contributed by atoms with van der Waals surface area (Å²) in [4.78, 5) is 22.3. The fourth-order valence-electron chi connectivity index (χ4n) is 2.54. The molecule has 2 aromatic carbocycles. The molecule has 19 heavy (non-hydrogen) atoms. The Morgan fingerprint density at radius 1 is 0.842 bits per heavy atom. The van der Waals surface area contributed by atoms with Gasteiger partial charge < -0.3 is 10.2 Å².